The number of anilines is 2. The molecular formula is C14H23N3O. The van der Waals surface area contributed by atoms with Crippen LogP contribution >= 0.6 is 0 Å². The minimum absolute atomic E-state index is 0.278. The highest BCUT2D eigenvalue weighted by atomic mass is 16.1. The minimum Gasteiger partial charge on any atom is -0.399 e. The van der Waals surface area contributed by atoms with E-state index < -0.39 is 5.91 Å². The lowest BCUT2D eigenvalue weighted by Gasteiger charge is -2.20. The standard InChI is InChI=1S/C14H23N3O/c1-4-9(2)7-10(3)17-13-8-11(15)5-6-12(13)14(16)18/h5-6,8-10,17H,4,7,15H2,1-3H3,(H2,16,18). The summed E-state index contributed by atoms with van der Waals surface area (Å²) in [6.07, 6.45) is 2.19. The highest BCUT2D eigenvalue weighted by Gasteiger charge is 2.12. The molecule has 0 aromatic heterocycles. The van der Waals surface area contributed by atoms with Gasteiger partial charge in [0.25, 0.3) is 5.91 Å². The van der Waals surface area contributed by atoms with Crippen LogP contribution in [0.3, 0.4) is 0 Å². The molecule has 2 atom stereocenters. The van der Waals surface area contributed by atoms with E-state index in [2.05, 4.69) is 26.1 Å². The van der Waals surface area contributed by atoms with Crippen molar-refractivity contribution in [3.05, 3.63) is 23.8 Å². The number of nitrogens with two attached hydrogens (primary N) is 2. The summed E-state index contributed by atoms with van der Waals surface area (Å²) in [5.41, 5.74) is 12.9. The summed E-state index contributed by atoms with van der Waals surface area (Å²) >= 11 is 0. The van der Waals surface area contributed by atoms with Gasteiger partial charge in [-0.25, -0.2) is 0 Å². The summed E-state index contributed by atoms with van der Waals surface area (Å²) in [4.78, 5) is 11.3. The topological polar surface area (TPSA) is 81.1 Å². The third-order valence-corrected chi connectivity index (χ3v) is 3.16. The molecule has 0 aliphatic heterocycles. The highest BCUT2D eigenvalue weighted by Crippen LogP contribution is 2.21. The maximum absolute atomic E-state index is 11.3. The van der Waals surface area contributed by atoms with Crippen molar-refractivity contribution in [2.24, 2.45) is 11.7 Å². The van der Waals surface area contributed by atoms with Gasteiger partial charge in [0.15, 0.2) is 0 Å². The van der Waals surface area contributed by atoms with Crippen LogP contribution in [-0.2, 0) is 0 Å². The largest absolute Gasteiger partial charge is 0.399 e. The van der Waals surface area contributed by atoms with Crippen LogP contribution in [0.5, 0.6) is 0 Å². The van der Waals surface area contributed by atoms with Gasteiger partial charge in [0.1, 0.15) is 0 Å². The lowest BCUT2D eigenvalue weighted by atomic mass is 10.00. The Bertz CT molecular complexity index is 418. The number of benzene rings is 1. The molecule has 0 saturated carbocycles. The van der Waals surface area contributed by atoms with Gasteiger partial charge < -0.3 is 16.8 Å². The molecule has 0 aliphatic carbocycles. The second kappa shape index (κ2) is 6.28. The summed E-state index contributed by atoms with van der Waals surface area (Å²) in [6, 6.07) is 5.38. The molecule has 0 radical (unpaired) electrons. The van der Waals surface area contributed by atoms with Crippen molar-refractivity contribution in [3.8, 4) is 0 Å². The van der Waals surface area contributed by atoms with Gasteiger partial charge >= 0.3 is 0 Å². The van der Waals surface area contributed by atoms with E-state index in [1.807, 2.05) is 0 Å². The number of hydrogen-bond donors (Lipinski definition) is 3. The summed E-state index contributed by atoms with van der Waals surface area (Å²) in [6.45, 7) is 6.49. The lowest BCUT2D eigenvalue weighted by Crippen LogP contribution is -2.21. The molecule has 0 aliphatic rings. The molecule has 2 unspecified atom stereocenters. The van der Waals surface area contributed by atoms with Crippen molar-refractivity contribution in [1.82, 2.24) is 0 Å². The number of carbonyl (C=O) groups is 1. The highest BCUT2D eigenvalue weighted by molar-refractivity contribution is 5.99. The Kier molecular flexibility index (Phi) is 5.01. The fraction of sp³-hybridized carbons (Fsp3) is 0.500. The Labute approximate surface area is 109 Å². The quantitative estimate of drug-likeness (QED) is 0.678. The Balaban J connectivity index is 2.82. The van der Waals surface area contributed by atoms with Crippen molar-refractivity contribution < 1.29 is 4.79 Å². The monoisotopic (exact) mass is 249 g/mol. The molecule has 0 heterocycles. The average molecular weight is 249 g/mol. The smallest absolute Gasteiger partial charge is 0.250 e. The van der Waals surface area contributed by atoms with Crippen LogP contribution in [0.25, 0.3) is 0 Å². The SMILES string of the molecule is CCC(C)CC(C)Nc1cc(N)ccc1C(N)=O. The number of primary amides is 1. The zero-order valence-electron chi connectivity index (χ0n) is 11.4. The number of rotatable bonds is 6. The Morgan fingerprint density at radius 3 is 2.61 bits per heavy atom. The van der Waals surface area contributed by atoms with Crippen LogP contribution in [0.2, 0.25) is 0 Å². The molecule has 5 N–H and O–H groups in total. The lowest BCUT2D eigenvalue weighted by molar-refractivity contribution is 0.100. The summed E-state index contributed by atoms with van der Waals surface area (Å²) in [5.74, 6) is 0.207. The first-order valence-electron chi connectivity index (χ1n) is 6.39. The summed E-state index contributed by atoms with van der Waals surface area (Å²) in [7, 11) is 0. The Morgan fingerprint density at radius 2 is 2.06 bits per heavy atom. The predicted octanol–water partition coefficient (Wildman–Crippen LogP) is 2.60. The second-order valence-electron chi connectivity index (χ2n) is 4.96. The van der Waals surface area contributed by atoms with Gasteiger partial charge in [0.05, 0.1) is 5.56 Å². The van der Waals surface area contributed by atoms with Crippen molar-refractivity contribution in [2.45, 2.75) is 39.7 Å². The molecule has 100 valence electrons. The molecule has 0 spiro atoms. The van der Waals surface area contributed by atoms with E-state index in [4.69, 9.17) is 11.5 Å². The second-order valence-corrected chi connectivity index (χ2v) is 4.96. The zero-order chi connectivity index (χ0) is 13.7. The Hall–Kier alpha value is -1.71. The van der Waals surface area contributed by atoms with Gasteiger partial charge in [-0.2, -0.15) is 0 Å². The van der Waals surface area contributed by atoms with Crippen LogP contribution in [-0.4, -0.2) is 11.9 Å². The van der Waals surface area contributed by atoms with Crippen LogP contribution < -0.4 is 16.8 Å². The average Bonchev–Trinajstić information content (AvgIpc) is 2.28. The normalized spacial score (nSPS) is 13.9. The first kappa shape index (κ1) is 14.4. The third-order valence-electron chi connectivity index (χ3n) is 3.16. The first-order valence-corrected chi connectivity index (χ1v) is 6.39. The molecule has 1 amide bonds. The number of nitrogen functional groups attached to an aromatic ring is 1. The Morgan fingerprint density at radius 1 is 1.39 bits per heavy atom. The van der Waals surface area contributed by atoms with Gasteiger partial charge in [-0.3, -0.25) is 4.79 Å². The van der Waals surface area contributed by atoms with Gasteiger partial charge in [-0.15, -0.1) is 0 Å². The minimum atomic E-state index is -0.437. The number of amides is 1. The van der Waals surface area contributed by atoms with Gasteiger partial charge in [0.2, 0.25) is 0 Å². The third kappa shape index (κ3) is 3.95. The van der Waals surface area contributed by atoms with E-state index >= 15 is 0 Å². The van der Waals surface area contributed by atoms with Gasteiger partial charge in [-0.1, -0.05) is 20.3 Å². The van der Waals surface area contributed by atoms with Crippen LogP contribution in [0.4, 0.5) is 11.4 Å². The van der Waals surface area contributed by atoms with Crippen molar-refractivity contribution in [2.75, 3.05) is 11.1 Å². The molecule has 4 heteroatoms. The van der Waals surface area contributed by atoms with E-state index in [9.17, 15) is 4.79 Å². The molecule has 1 aromatic carbocycles. The molecule has 0 bridgehead atoms. The molecule has 4 nitrogen and oxygen atoms in total. The van der Waals surface area contributed by atoms with E-state index in [0.29, 0.717) is 17.2 Å². The van der Waals surface area contributed by atoms with Gasteiger partial charge in [0, 0.05) is 17.4 Å². The van der Waals surface area contributed by atoms with Crippen molar-refractivity contribution in [1.29, 1.82) is 0 Å². The molecule has 18 heavy (non-hydrogen) atoms. The number of carbonyl (C=O) groups excluding carboxylic acids is 1. The predicted molar refractivity (Wildman–Crippen MR) is 76.5 cm³/mol. The summed E-state index contributed by atoms with van der Waals surface area (Å²) < 4.78 is 0. The van der Waals surface area contributed by atoms with Gasteiger partial charge in [-0.05, 0) is 37.5 Å². The maximum Gasteiger partial charge on any atom is 0.250 e. The first-order chi connectivity index (χ1) is 8.43. The zero-order valence-corrected chi connectivity index (χ0v) is 11.4. The van der Waals surface area contributed by atoms with Crippen molar-refractivity contribution >= 4 is 17.3 Å². The molecule has 0 saturated heterocycles. The van der Waals surface area contributed by atoms with Crippen LogP contribution in [0, 0.1) is 5.92 Å². The fourth-order valence-electron chi connectivity index (χ4n) is 1.99. The van der Waals surface area contributed by atoms with E-state index in [1.54, 1.807) is 18.2 Å². The fourth-order valence-corrected chi connectivity index (χ4v) is 1.99. The maximum atomic E-state index is 11.3. The molecular weight excluding hydrogens is 226 g/mol. The number of hydrogen-bond acceptors (Lipinski definition) is 3. The van der Waals surface area contributed by atoms with Crippen LogP contribution in [0.15, 0.2) is 18.2 Å². The number of nitrogens with one attached hydrogen (secondary N) is 1. The van der Waals surface area contributed by atoms with E-state index in [1.165, 1.54) is 0 Å². The van der Waals surface area contributed by atoms with E-state index in [-0.39, 0.29) is 6.04 Å². The summed E-state index contributed by atoms with van der Waals surface area (Å²) in [5, 5.41) is 3.32. The van der Waals surface area contributed by atoms with Crippen LogP contribution in [0.1, 0.15) is 44.0 Å². The van der Waals surface area contributed by atoms with E-state index in [0.717, 1.165) is 18.5 Å². The van der Waals surface area contributed by atoms with Crippen molar-refractivity contribution in [3.63, 3.8) is 0 Å². The molecule has 0 fully saturated rings. The molecule has 1 rings (SSSR count). The molecule has 1 aromatic rings.